The van der Waals surface area contributed by atoms with E-state index in [0.717, 1.165) is 6.07 Å². The van der Waals surface area contributed by atoms with E-state index in [0.29, 0.717) is 11.4 Å². The Balaban J connectivity index is 1.68. The lowest BCUT2D eigenvalue weighted by Crippen LogP contribution is -2.07. The van der Waals surface area contributed by atoms with E-state index in [4.69, 9.17) is 9.15 Å². The topological polar surface area (TPSA) is 84.6 Å². The van der Waals surface area contributed by atoms with Gasteiger partial charge in [-0.3, -0.25) is 0 Å². The maximum absolute atomic E-state index is 13.0. The summed E-state index contributed by atoms with van der Waals surface area (Å²) in [6.07, 6.45) is -3.17. The molecule has 1 aromatic heterocycles. The quantitative estimate of drug-likeness (QED) is 0.557. The standard InChI is InChI=1S/C18H14F3NO5S/c1-11-2-3-12(8-16(11)18(19,20)21)17-22-13(10-26-17)9-25-14-4-6-15(7-5-14)27-28(23)24/h2-8,10H,9H2,1H3,(H,23,24)/p-1. The van der Waals surface area contributed by atoms with Crippen LogP contribution in [0.4, 0.5) is 13.2 Å². The summed E-state index contributed by atoms with van der Waals surface area (Å²) in [6, 6.07) is 9.66. The lowest BCUT2D eigenvalue weighted by molar-refractivity contribution is -0.138. The van der Waals surface area contributed by atoms with Gasteiger partial charge in [-0.25, -0.2) is 9.19 Å². The minimum Gasteiger partial charge on any atom is -0.740 e. The smallest absolute Gasteiger partial charge is 0.416 e. The Labute approximate surface area is 160 Å². The van der Waals surface area contributed by atoms with Gasteiger partial charge in [0.1, 0.15) is 41.4 Å². The summed E-state index contributed by atoms with van der Waals surface area (Å²) in [5, 5.41) is 0. The average molecular weight is 412 g/mol. The van der Waals surface area contributed by atoms with Crippen LogP contribution in [0, 0.1) is 6.92 Å². The molecule has 0 aliphatic carbocycles. The van der Waals surface area contributed by atoms with Crippen molar-refractivity contribution in [2.24, 2.45) is 0 Å². The normalized spacial score (nSPS) is 12.6. The Morgan fingerprint density at radius 2 is 1.82 bits per heavy atom. The van der Waals surface area contributed by atoms with Gasteiger partial charge in [0.25, 0.3) is 0 Å². The zero-order valence-electron chi connectivity index (χ0n) is 14.4. The second-order valence-electron chi connectivity index (χ2n) is 5.72. The lowest BCUT2D eigenvalue weighted by Gasteiger charge is -2.10. The van der Waals surface area contributed by atoms with Crippen molar-refractivity contribution in [1.82, 2.24) is 4.98 Å². The monoisotopic (exact) mass is 412 g/mol. The van der Waals surface area contributed by atoms with Gasteiger partial charge in [-0.1, -0.05) is 6.07 Å². The number of hydrogen-bond acceptors (Lipinski definition) is 6. The van der Waals surface area contributed by atoms with Crippen LogP contribution >= 0.6 is 0 Å². The van der Waals surface area contributed by atoms with E-state index >= 15 is 0 Å². The number of halogens is 3. The summed E-state index contributed by atoms with van der Waals surface area (Å²) in [5.41, 5.74) is -0.0525. The number of ether oxygens (including phenoxy) is 1. The molecule has 1 heterocycles. The van der Waals surface area contributed by atoms with Crippen molar-refractivity contribution in [2.75, 3.05) is 0 Å². The van der Waals surface area contributed by atoms with Crippen LogP contribution in [-0.4, -0.2) is 13.7 Å². The fraction of sp³-hybridized carbons (Fsp3) is 0.167. The summed E-state index contributed by atoms with van der Waals surface area (Å²) in [6.45, 7) is 1.39. The fourth-order valence-electron chi connectivity index (χ4n) is 2.39. The first kappa shape index (κ1) is 19.9. The van der Waals surface area contributed by atoms with E-state index in [1.54, 1.807) is 0 Å². The number of aromatic nitrogens is 1. The van der Waals surface area contributed by atoms with Crippen LogP contribution in [0.1, 0.15) is 16.8 Å². The maximum atomic E-state index is 13.0. The second-order valence-corrected chi connectivity index (χ2v) is 6.29. The number of rotatable bonds is 6. The SMILES string of the molecule is Cc1ccc(-c2nc(COc3ccc(OS(=O)[O-])cc3)co2)cc1C(F)(F)F. The molecule has 6 nitrogen and oxygen atoms in total. The third kappa shape index (κ3) is 4.90. The number of aryl methyl sites for hydroxylation is 1. The Kier molecular flexibility index (Phi) is 5.71. The third-order valence-electron chi connectivity index (χ3n) is 3.72. The first-order valence-corrected chi connectivity index (χ1v) is 8.85. The molecule has 0 amide bonds. The third-order valence-corrected chi connectivity index (χ3v) is 4.04. The van der Waals surface area contributed by atoms with E-state index in [1.165, 1.54) is 49.6 Å². The highest BCUT2D eigenvalue weighted by molar-refractivity contribution is 7.74. The van der Waals surface area contributed by atoms with E-state index in [2.05, 4.69) is 9.17 Å². The van der Waals surface area contributed by atoms with Crippen LogP contribution < -0.4 is 8.92 Å². The molecule has 2 aromatic carbocycles. The van der Waals surface area contributed by atoms with Crippen molar-refractivity contribution < 1.29 is 35.3 Å². The van der Waals surface area contributed by atoms with Gasteiger partial charge < -0.3 is 17.9 Å². The molecule has 148 valence electrons. The van der Waals surface area contributed by atoms with Crippen LogP contribution in [0.25, 0.3) is 11.5 Å². The number of alkyl halides is 3. The lowest BCUT2D eigenvalue weighted by atomic mass is 10.0. The average Bonchev–Trinajstić information content (AvgIpc) is 3.09. The molecule has 0 radical (unpaired) electrons. The molecule has 1 atom stereocenters. The number of hydrogen-bond donors (Lipinski definition) is 0. The van der Waals surface area contributed by atoms with Crippen molar-refractivity contribution in [1.29, 1.82) is 0 Å². The molecule has 0 spiro atoms. The maximum Gasteiger partial charge on any atom is 0.416 e. The number of oxazole rings is 1. The fourth-order valence-corrected chi connectivity index (χ4v) is 2.66. The van der Waals surface area contributed by atoms with Gasteiger partial charge in [0, 0.05) is 5.56 Å². The molecule has 0 aliphatic rings. The molecule has 0 saturated heterocycles. The highest BCUT2D eigenvalue weighted by Crippen LogP contribution is 2.34. The molecule has 0 fully saturated rings. The summed E-state index contributed by atoms with van der Waals surface area (Å²) >= 11 is -2.66. The van der Waals surface area contributed by atoms with E-state index in [9.17, 15) is 21.9 Å². The molecule has 3 rings (SSSR count). The first-order chi connectivity index (χ1) is 13.2. The van der Waals surface area contributed by atoms with E-state index in [1.807, 2.05) is 0 Å². The molecule has 0 N–H and O–H groups in total. The summed E-state index contributed by atoms with van der Waals surface area (Å²) in [5.74, 6) is 0.596. The highest BCUT2D eigenvalue weighted by Gasteiger charge is 2.32. The van der Waals surface area contributed by atoms with Crippen molar-refractivity contribution in [3.8, 4) is 23.0 Å². The Bertz CT molecular complexity index is 986. The van der Waals surface area contributed by atoms with Crippen LogP contribution in [0.3, 0.4) is 0 Å². The summed E-state index contributed by atoms with van der Waals surface area (Å²) < 4.78 is 75.2. The van der Waals surface area contributed by atoms with Crippen molar-refractivity contribution in [2.45, 2.75) is 19.7 Å². The number of nitrogens with zero attached hydrogens (tertiary/aromatic N) is 1. The van der Waals surface area contributed by atoms with Gasteiger partial charge in [-0.2, -0.15) is 13.2 Å². The van der Waals surface area contributed by atoms with Gasteiger partial charge in [0.15, 0.2) is 0 Å². The van der Waals surface area contributed by atoms with Crippen molar-refractivity contribution in [3.05, 3.63) is 65.5 Å². The van der Waals surface area contributed by atoms with Crippen molar-refractivity contribution in [3.63, 3.8) is 0 Å². The molecule has 10 heteroatoms. The van der Waals surface area contributed by atoms with Gasteiger partial charge >= 0.3 is 6.18 Å². The van der Waals surface area contributed by atoms with Crippen LogP contribution in [0.2, 0.25) is 0 Å². The highest BCUT2D eigenvalue weighted by atomic mass is 32.2. The minimum atomic E-state index is -4.47. The van der Waals surface area contributed by atoms with Crippen LogP contribution in [0.15, 0.2) is 53.1 Å². The van der Waals surface area contributed by atoms with Gasteiger partial charge in [-0.05, 0) is 48.9 Å². The largest absolute Gasteiger partial charge is 0.740 e. The molecule has 0 saturated carbocycles. The Morgan fingerprint density at radius 1 is 1.14 bits per heavy atom. The molecule has 3 aromatic rings. The molecular formula is C18H13F3NO5S-. The zero-order chi connectivity index (χ0) is 20.3. The van der Waals surface area contributed by atoms with Crippen LogP contribution in [-0.2, 0) is 24.1 Å². The second kappa shape index (κ2) is 8.03. The molecule has 1 unspecified atom stereocenters. The molecule has 0 bridgehead atoms. The van der Waals surface area contributed by atoms with Gasteiger partial charge in [0.2, 0.25) is 5.89 Å². The number of benzene rings is 2. The molecule has 28 heavy (non-hydrogen) atoms. The van der Waals surface area contributed by atoms with Gasteiger partial charge in [-0.15, -0.1) is 0 Å². The Hall–Kier alpha value is -2.85. The Morgan fingerprint density at radius 3 is 2.46 bits per heavy atom. The van der Waals surface area contributed by atoms with Crippen LogP contribution in [0.5, 0.6) is 11.5 Å². The van der Waals surface area contributed by atoms with E-state index < -0.39 is 23.1 Å². The van der Waals surface area contributed by atoms with Crippen molar-refractivity contribution >= 4 is 11.4 Å². The predicted octanol–water partition coefficient (Wildman–Crippen LogP) is 4.42. The van der Waals surface area contributed by atoms with E-state index in [-0.39, 0.29) is 29.4 Å². The van der Waals surface area contributed by atoms with Gasteiger partial charge in [0.05, 0.1) is 5.56 Å². The summed E-state index contributed by atoms with van der Waals surface area (Å²) in [7, 11) is 0. The minimum absolute atomic E-state index is 0.00911. The molecule has 0 aliphatic heterocycles. The predicted molar refractivity (Wildman–Crippen MR) is 92.0 cm³/mol. The zero-order valence-corrected chi connectivity index (χ0v) is 15.2. The first-order valence-electron chi connectivity index (χ1n) is 7.85. The summed E-state index contributed by atoms with van der Waals surface area (Å²) in [4.78, 5) is 4.14. The molecular weight excluding hydrogens is 399 g/mol.